The molecule has 2 rings (SSSR count). The third-order valence-corrected chi connectivity index (χ3v) is 4.93. The van der Waals surface area contributed by atoms with Crippen LogP contribution in [0, 0.1) is 12.7 Å². The van der Waals surface area contributed by atoms with E-state index >= 15 is 0 Å². The molecule has 0 saturated heterocycles. The number of amides is 1. The number of thiazole rings is 1. The van der Waals surface area contributed by atoms with E-state index in [0.717, 1.165) is 27.8 Å². The summed E-state index contributed by atoms with van der Waals surface area (Å²) in [6, 6.07) is 6.13. The molecule has 118 valence electrons. The summed E-state index contributed by atoms with van der Waals surface area (Å²) in [6.07, 6.45) is 0.452. The van der Waals surface area contributed by atoms with Crippen molar-refractivity contribution in [3.05, 3.63) is 51.7 Å². The standard InChI is InChI=1S/C16H19FN2OS2/c1-11(13-4-3-5-14(17)8-13)18-16(20)6-7-21-9-15-10-22-12(2)19-15/h3-5,8,10-11H,6-7,9H2,1-2H3,(H,18,20)/t11-/m1/s1. The highest BCUT2D eigenvalue weighted by atomic mass is 32.2. The van der Waals surface area contributed by atoms with Gasteiger partial charge < -0.3 is 5.32 Å². The summed E-state index contributed by atoms with van der Waals surface area (Å²) in [5, 5.41) is 6.01. The smallest absolute Gasteiger partial charge is 0.221 e. The van der Waals surface area contributed by atoms with Gasteiger partial charge in [-0.15, -0.1) is 11.3 Å². The van der Waals surface area contributed by atoms with Gasteiger partial charge in [0.25, 0.3) is 0 Å². The summed E-state index contributed by atoms with van der Waals surface area (Å²) >= 11 is 3.34. The van der Waals surface area contributed by atoms with Crippen molar-refractivity contribution < 1.29 is 9.18 Å². The molecule has 1 heterocycles. The highest BCUT2D eigenvalue weighted by Gasteiger charge is 2.10. The second-order valence-electron chi connectivity index (χ2n) is 5.00. The minimum Gasteiger partial charge on any atom is -0.350 e. The van der Waals surface area contributed by atoms with Crippen LogP contribution >= 0.6 is 23.1 Å². The highest BCUT2D eigenvalue weighted by molar-refractivity contribution is 7.98. The number of carbonyl (C=O) groups excluding carboxylic acids is 1. The molecule has 0 unspecified atom stereocenters. The second-order valence-corrected chi connectivity index (χ2v) is 7.17. The number of aromatic nitrogens is 1. The van der Waals surface area contributed by atoms with Gasteiger partial charge in [0, 0.05) is 23.3 Å². The summed E-state index contributed by atoms with van der Waals surface area (Å²) in [7, 11) is 0. The van der Waals surface area contributed by atoms with Gasteiger partial charge in [-0.05, 0) is 31.5 Å². The lowest BCUT2D eigenvalue weighted by atomic mass is 10.1. The first kappa shape index (κ1) is 17.0. The predicted molar refractivity (Wildman–Crippen MR) is 90.6 cm³/mol. The lowest BCUT2D eigenvalue weighted by Crippen LogP contribution is -2.26. The topological polar surface area (TPSA) is 42.0 Å². The molecule has 0 bridgehead atoms. The Kier molecular flexibility index (Phi) is 6.39. The first-order valence-corrected chi connectivity index (χ1v) is 9.11. The molecule has 2 aromatic rings. The van der Waals surface area contributed by atoms with E-state index in [1.807, 2.05) is 19.9 Å². The number of halogens is 1. The quantitative estimate of drug-likeness (QED) is 0.773. The molecular weight excluding hydrogens is 319 g/mol. The molecule has 1 aromatic heterocycles. The van der Waals surface area contributed by atoms with Gasteiger partial charge in [-0.25, -0.2) is 9.37 Å². The SMILES string of the molecule is Cc1nc(CSCCC(=O)N[C@H](C)c2cccc(F)c2)cs1. The van der Waals surface area contributed by atoms with Crippen molar-refractivity contribution in [2.75, 3.05) is 5.75 Å². The fourth-order valence-electron chi connectivity index (χ4n) is 1.99. The Balaban J connectivity index is 1.69. The van der Waals surface area contributed by atoms with Crippen LogP contribution < -0.4 is 5.32 Å². The summed E-state index contributed by atoms with van der Waals surface area (Å²) in [5.41, 5.74) is 1.85. The lowest BCUT2D eigenvalue weighted by Gasteiger charge is -2.14. The zero-order valence-electron chi connectivity index (χ0n) is 12.6. The summed E-state index contributed by atoms with van der Waals surface area (Å²) in [6.45, 7) is 3.85. The molecule has 0 aliphatic rings. The number of hydrogen-bond acceptors (Lipinski definition) is 4. The van der Waals surface area contributed by atoms with Crippen LogP contribution in [0.1, 0.15) is 35.7 Å². The summed E-state index contributed by atoms with van der Waals surface area (Å²) in [4.78, 5) is 16.3. The van der Waals surface area contributed by atoms with E-state index in [1.165, 1.54) is 12.1 Å². The van der Waals surface area contributed by atoms with E-state index < -0.39 is 0 Å². The van der Waals surface area contributed by atoms with Gasteiger partial charge >= 0.3 is 0 Å². The Morgan fingerprint density at radius 2 is 2.32 bits per heavy atom. The Labute approximate surface area is 138 Å². The minimum absolute atomic E-state index is 0.0151. The Bertz CT molecular complexity index is 630. The van der Waals surface area contributed by atoms with Gasteiger partial charge in [-0.1, -0.05) is 12.1 Å². The monoisotopic (exact) mass is 338 g/mol. The molecule has 1 amide bonds. The van der Waals surface area contributed by atoms with Crippen LogP contribution in [0.3, 0.4) is 0 Å². The average Bonchev–Trinajstić information content (AvgIpc) is 2.89. The van der Waals surface area contributed by atoms with E-state index in [0.29, 0.717) is 6.42 Å². The maximum absolute atomic E-state index is 13.2. The number of benzene rings is 1. The van der Waals surface area contributed by atoms with Gasteiger partial charge in [-0.3, -0.25) is 4.79 Å². The molecule has 3 nitrogen and oxygen atoms in total. The van der Waals surface area contributed by atoms with Gasteiger partial charge in [0.15, 0.2) is 0 Å². The molecule has 1 atom stereocenters. The van der Waals surface area contributed by atoms with Crippen molar-refractivity contribution in [2.24, 2.45) is 0 Å². The number of nitrogens with one attached hydrogen (secondary N) is 1. The lowest BCUT2D eigenvalue weighted by molar-refractivity contribution is -0.121. The number of nitrogens with zero attached hydrogens (tertiary/aromatic N) is 1. The molecule has 0 aliphatic heterocycles. The third-order valence-electron chi connectivity index (χ3n) is 3.12. The van der Waals surface area contributed by atoms with Crippen LogP contribution in [-0.2, 0) is 10.5 Å². The van der Waals surface area contributed by atoms with E-state index in [9.17, 15) is 9.18 Å². The van der Waals surface area contributed by atoms with Gasteiger partial charge in [-0.2, -0.15) is 11.8 Å². The van der Waals surface area contributed by atoms with Crippen LogP contribution in [0.5, 0.6) is 0 Å². The predicted octanol–water partition coefficient (Wildman–Crippen LogP) is 4.09. The van der Waals surface area contributed by atoms with Gasteiger partial charge in [0.1, 0.15) is 5.82 Å². The normalized spacial score (nSPS) is 12.1. The summed E-state index contributed by atoms with van der Waals surface area (Å²) in [5.74, 6) is 1.28. The van der Waals surface area contributed by atoms with Crippen molar-refractivity contribution in [2.45, 2.75) is 32.1 Å². The Morgan fingerprint density at radius 3 is 3.00 bits per heavy atom. The molecule has 0 saturated carbocycles. The summed E-state index contributed by atoms with van der Waals surface area (Å²) < 4.78 is 13.2. The minimum atomic E-state index is -0.285. The molecule has 22 heavy (non-hydrogen) atoms. The number of carbonyl (C=O) groups is 1. The van der Waals surface area contributed by atoms with Crippen molar-refractivity contribution >= 4 is 29.0 Å². The van der Waals surface area contributed by atoms with Crippen LogP contribution in [0.4, 0.5) is 4.39 Å². The highest BCUT2D eigenvalue weighted by Crippen LogP contribution is 2.17. The van der Waals surface area contributed by atoms with Crippen LogP contribution in [0.15, 0.2) is 29.6 Å². The van der Waals surface area contributed by atoms with Crippen molar-refractivity contribution in [3.63, 3.8) is 0 Å². The zero-order valence-corrected chi connectivity index (χ0v) is 14.3. The van der Waals surface area contributed by atoms with Crippen molar-refractivity contribution in [1.29, 1.82) is 0 Å². The molecule has 0 radical (unpaired) electrons. The van der Waals surface area contributed by atoms with E-state index in [4.69, 9.17) is 0 Å². The fraction of sp³-hybridized carbons (Fsp3) is 0.375. The van der Waals surface area contributed by atoms with Crippen LogP contribution in [0.2, 0.25) is 0 Å². The molecule has 6 heteroatoms. The third kappa shape index (κ3) is 5.42. The number of hydrogen-bond donors (Lipinski definition) is 1. The largest absolute Gasteiger partial charge is 0.350 e. The average molecular weight is 338 g/mol. The molecule has 1 aromatic carbocycles. The van der Waals surface area contributed by atoms with E-state index in [-0.39, 0.29) is 17.8 Å². The number of rotatable bonds is 7. The fourth-order valence-corrected chi connectivity index (χ4v) is 3.54. The van der Waals surface area contributed by atoms with Gasteiger partial charge in [0.05, 0.1) is 16.7 Å². The first-order valence-electron chi connectivity index (χ1n) is 7.08. The Hall–Kier alpha value is -1.40. The van der Waals surface area contributed by atoms with E-state index in [2.05, 4.69) is 15.7 Å². The molecule has 0 aliphatic carbocycles. The molecule has 0 fully saturated rings. The van der Waals surface area contributed by atoms with Crippen LogP contribution in [-0.4, -0.2) is 16.6 Å². The second kappa shape index (κ2) is 8.29. The molecule has 0 spiro atoms. The van der Waals surface area contributed by atoms with Crippen LogP contribution in [0.25, 0.3) is 0 Å². The van der Waals surface area contributed by atoms with Crippen molar-refractivity contribution in [1.82, 2.24) is 10.3 Å². The zero-order chi connectivity index (χ0) is 15.9. The Morgan fingerprint density at radius 1 is 1.50 bits per heavy atom. The molecular formula is C16H19FN2OS2. The molecule has 1 N–H and O–H groups in total. The maximum Gasteiger partial charge on any atom is 0.221 e. The van der Waals surface area contributed by atoms with E-state index in [1.54, 1.807) is 29.2 Å². The number of aryl methyl sites for hydroxylation is 1. The first-order chi connectivity index (χ1) is 10.5. The van der Waals surface area contributed by atoms with Crippen molar-refractivity contribution in [3.8, 4) is 0 Å². The number of thioether (sulfide) groups is 1. The van der Waals surface area contributed by atoms with Gasteiger partial charge in [0.2, 0.25) is 5.91 Å². The maximum atomic E-state index is 13.2.